The van der Waals surface area contributed by atoms with Gasteiger partial charge in [0.15, 0.2) is 0 Å². The van der Waals surface area contributed by atoms with Crippen molar-refractivity contribution < 1.29 is 9.72 Å². The van der Waals surface area contributed by atoms with Crippen molar-refractivity contribution in [3.63, 3.8) is 0 Å². The van der Waals surface area contributed by atoms with Crippen molar-refractivity contribution in [2.45, 2.75) is 12.7 Å². The second-order valence-electron chi connectivity index (χ2n) is 5.51. The number of non-ortho nitro benzene ring substituents is 1. The number of nitrogens with zero attached hydrogens (tertiary/aromatic N) is 1. The van der Waals surface area contributed by atoms with Gasteiger partial charge in [-0.2, -0.15) is 11.8 Å². The van der Waals surface area contributed by atoms with Crippen molar-refractivity contribution in [1.29, 1.82) is 0 Å². The molecule has 1 amide bonds. The number of nitrogens with one attached hydrogen (secondary N) is 1. The fourth-order valence-electron chi connectivity index (χ4n) is 2.06. The highest BCUT2D eigenvalue weighted by Gasteiger charge is 2.02. The highest BCUT2D eigenvalue weighted by Crippen LogP contribution is 2.13. The summed E-state index contributed by atoms with van der Waals surface area (Å²) in [5.74, 6) is 1.59. The number of nitro groups is 1. The first-order chi connectivity index (χ1) is 12.0. The first-order valence-corrected chi connectivity index (χ1v) is 9.04. The van der Waals surface area contributed by atoms with E-state index in [-0.39, 0.29) is 11.6 Å². The zero-order valence-corrected chi connectivity index (χ0v) is 14.8. The van der Waals surface area contributed by atoms with Crippen LogP contribution in [0.4, 0.5) is 5.69 Å². The van der Waals surface area contributed by atoms with Gasteiger partial charge < -0.3 is 5.32 Å². The molecule has 0 unspecified atom stereocenters. The molecular formula is C19H20N2O3S. The van der Waals surface area contributed by atoms with Crippen LogP contribution < -0.4 is 5.32 Å². The fraction of sp³-hybridized carbons (Fsp3) is 0.211. The number of benzene rings is 2. The third-order valence-corrected chi connectivity index (χ3v) is 4.50. The van der Waals surface area contributed by atoms with E-state index in [2.05, 4.69) is 36.5 Å². The van der Waals surface area contributed by atoms with Crippen LogP contribution in [-0.4, -0.2) is 23.1 Å². The zero-order valence-electron chi connectivity index (χ0n) is 14.0. The minimum Gasteiger partial charge on any atom is -0.352 e. The molecule has 2 rings (SSSR count). The van der Waals surface area contributed by atoms with Gasteiger partial charge in [-0.1, -0.05) is 29.8 Å². The maximum atomic E-state index is 11.7. The average molecular weight is 356 g/mol. The number of carbonyl (C=O) groups is 1. The molecule has 0 atom stereocenters. The predicted octanol–water partition coefficient (Wildman–Crippen LogP) is 3.97. The second kappa shape index (κ2) is 9.64. The van der Waals surface area contributed by atoms with Gasteiger partial charge in [0.2, 0.25) is 5.91 Å². The zero-order chi connectivity index (χ0) is 18.1. The maximum Gasteiger partial charge on any atom is 0.269 e. The summed E-state index contributed by atoms with van der Waals surface area (Å²) in [4.78, 5) is 21.9. The third-order valence-electron chi connectivity index (χ3n) is 3.47. The van der Waals surface area contributed by atoms with Crippen LogP contribution >= 0.6 is 11.8 Å². The molecule has 2 aromatic carbocycles. The van der Waals surface area contributed by atoms with Gasteiger partial charge in [-0.3, -0.25) is 14.9 Å². The van der Waals surface area contributed by atoms with Crippen molar-refractivity contribution in [3.05, 3.63) is 81.4 Å². The largest absolute Gasteiger partial charge is 0.352 e. The van der Waals surface area contributed by atoms with E-state index in [0.717, 1.165) is 17.1 Å². The SMILES string of the molecule is Cc1ccc(CSCCNC(=O)C=Cc2ccc([N+](=O)[O-])cc2)cc1. The number of aryl methyl sites for hydroxylation is 1. The minimum absolute atomic E-state index is 0.0344. The Hall–Kier alpha value is -2.60. The van der Waals surface area contributed by atoms with Gasteiger partial charge in [0.25, 0.3) is 5.69 Å². The standard InChI is InChI=1S/C19H20N2O3S/c1-15-2-4-17(5-3-15)14-25-13-12-20-19(22)11-8-16-6-9-18(10-7-16)21(23)24/h2-11H,12-14H2,1H3,(H,20,22). The quantitative estimate of drug-likeness (QED) is 0.336. The van der Waals surface area contributed by atoms with Crippen LogP contribution in [-0.2, 0) is 10.5 Å². The molecule has 0 aliphatic carbocycles. The number of hydrogen-bond donors (Lipinski definition) is 1. The van der Waals surface area contributed by atoms with Gasteiger partial charge >= 0.3 is 0 Å². The Morgan fingerprint density at radius 2 is 1.84 bits per heavy atom. The number of nitro benzene ring substituents is 1. The van der Waals surface area contributed by atoms with E-state index in [1.807, 2.05) is 0 Å². The van der Waals surface area contributed by atoms with E-state index in [4.69, 9.17) is 0 Å². The van der Waals surface area contributed by atoms with E-state index < -0.39 is 4.92 Å². The van der Waals surface area contributed by atoms with E-state index >= 15 is 0 Å². The third kappa shape index (κ3) is 6.81. The fourth-order valence-corrected chi connectivity index (χ4v) is 2.88. The van der Waals surface area contributed by atoms with Gasteiger partial charge in [0, 0.05) is 36.3 Å². The molecule has 0 aliphatic rings. The van der Waals surface area contributed by atoms with Crippen molar-refractivity contribution in [3.8, 4) is 0 Å². The van der Waals surface area contributed by atoms with E-state index in [9.17, 15) is 14.9 Å². The first kappa shape index (κ1) is 18.7. The molecule has 0 radical (unpaired) electrons. The summed E-state index contributed by atoms with van der Waals surface area (Å²) in [5.41, 5.74) is 3.31. The molecule has 0 saturated carbocycles. The maximum absolute atomic E-state index is 11.7. The van der Waals surface area contributed by atoms with Crippen molar-refractivity contribution in [1.82, 2.24) is 5.32 Å². The van der Waals surface area contributed by atoms with Crippen LogP contribution in [0.2, 0.25) is 0 Å². The molecule has 25 heavy (non-hydrogen) atoms. The average Bonchev–Trinajstić information content (AvgIpc) is 2.61. The summed E-state index contributed by atoms with van der Waals surface area (Å²) in [6.45, 7) is 2.66. The molecule has 0 saturated heterocycles. The molecule has 2 aromatic rings. The van der Waals surface area contributed by atoms with Crippen LogP contribution in [0.3, 0.4) is 0 Å². The molecule has 130 valence electrons. The first-order valence-electron chi connectivity index (χ1n) is 7.88. The van der Waals surface area contributed by atoms with Crippen LogP contribution in [0.25, 0.3) is 6.08 Å². The van der Waals surface area contributed by atoms with Gasteiger partial charge in [0.05, 0.1) is 4.92 Å². The Labute approximate surface area is 151 Å². The van der Waals surface area contributed by atoms with E-state index in [1.165, 1.54) is 29.3 Å². The van der Waals surface area contributed by atoms with Crippen LogP contribution in [0.15, 0.2) is 54.6 Å². The van der Waals surface area contributed by atoms with E-state index in [1.54, 1.807) is 30.0 Å². The summed E-state index contributed by atoms with van der Waals surface area (Å²) >= 11 is 1.77. The molecule has 0 fully saturated rings. The lowest BCUT2D eigenvalue weighted by Crippen LogP contribution is -2.23. The summed E-state index contributed by atoms with van der Waals surface area (Å²) in [7, 11) is 0. The summed E-state index contributed by atoms with van der Waals surface area (Å²) in [5, 5.41) is 13.4. The topological polar surface area (TPSA) is 72.2 Å². The molecule has 6 heteroatoms. The Morgan fingerprint density at radius 3 is 2.48 bits per heavy atom. The molecule has 5 nitrogen and oxygen atoms in total. The number of rotatable bonds is 8. The van der Waals surface area contributed by atoms with Crippen molar-refractivity contribution in [2.75, 3.05) is 12.3 Å². The van der Waals surface area contributed by atoms with Crippen molar-refractivity contribution >= 4 is 29.4 Å². The summed E-state index contributed by atoms with van der Waals surface area (Å²) in [6, 6.07) is 14.5. The molecule has 0 aliphatic heterocycles. The smallest absolute Gasteiger partial charge is 0.269 e. The predicted molar refractivity (Wildman–Crippen MR) is 102 cm³/mol. The number of carbonyl (C=O) groups excluding carboxylic acids is 1. The lowest BCUT2D eigenvalue weighted by Gasteiger charge is -2.04. The van der Waals surface area contributed by atoms with Crippen LogP contribution in [0.1, 0.15) is 16.7 Å². The molecule has 0 aromatic heterocycles. The Balaban J connectivity index is 1.66. The van der Waals surface area contributed by atoms with Crippen LogP contribution in [0.5, 0.6) is 0 Å². The lowest BCUT2D eigenvalue weighted by atomic mass is 10.2. The van der Waals surface area contributed by atoms with Gasteiger partial charge in [-0.15, -0.1) is 0 Å². The van der Waals surface area contributed by atoms with E-state index in [0.29, 0.717) is 6.54 Å². The lowest BCUT2D eigenvalue weighted by molar-refractivity contribution is -0.384. The summed E-state index contributed by atoms with van der Waals surface area (Å²) in [6.07, 6.45) is 3.07. The Bertz CT molecular complexity index is 740. The number of amides is 1. The number of hydrogen-bond acceptors (Lipinski definition) is 4. The molecule has 0 bridgehead atoms. The van der Waals surface area contributed by atoms with Crippen LogP contribution in [0, 0.1) is 17.0 Å². The minimum atomic E-state index is -0.450. The highest BCUT2D eigenvalue weighted by atomic mass is 32.2. The van der Waals surface area contributed by atoms with Crippen molar-refractivity contribution in [2.24, 2.45) is 0 Å². The number of thioether (sulfide) groups is 1. The second-order valence-corrected chi connectivity index (χ2v) is 6.62. The molecule has 0 spiro atoms. The normalized spacial score (nSPS) is 10.8. The monoisotopic (exact) mass is 356 g/mol. The summed E-state index contributed by atoms with van der Waals surface area (Å²) < 4.78 is 0. The van der Waals surface area contributed by atoms with Gasteiger partial charge in [-0.25, -0.2) is 0 Å². The van der Waals surface area contributed by atoms with Gasteiger partial charge in [0.1, 0.15) is 0 Å². The highest BCUT2D eigenvalue weighted by molar-refractivity contribution is 7.98. The Morgan fingerprint density at radius 1 is 1.16 bits per heavy atom. The Kier molecular flexibility index (Phi) is 7.22. The molecular weight excluding hydrogens is 336 g/mol. The van der Waals surface area contributed by atoms with Gasteiger partial charge in [-0.05, 0) is 36.3 Å². The molecule has 1 N–H and O–H groups in total. The molecule has 0 heterocycles.